The van der Waals surface area contributed by atoms with Gasteiger partial charge in [-0.25, -0.2) is 0 Å². The van der Waals surface area contributed by atoms with Gasteiger partial charge < -0.3 is 14.5 Å². The average molecular weight is 767 g/mol. The zero-order valence-electron chi connectivity index (χ0n) is 32.7. The van der Waals surface area contributed by atoms with Gasteiger partial charge in [0.25, 0.3) is 0 Å². The third-order valence-electron chi connectivity index (χ3n) is 12.5. The first-order chi connectivity index (χ1) is 29.8. The number of hydrogen-bond acceptors (Lipinski definition) is 3. The molecule has 3 heteroatoms. The van der Waals surface area contributed by atoms with E-state index in [2.05, 4.69) is 240 Å². The summed E-state index contributed by atoms with van der Waals surface area (Å²) >= 11 is 0. The van der Waals surface area contributed by atoms with Gasteiger partial charge in [0, 0.05) is 44.6 Å². The summed E-state index contributed by atoms with van der Waals surface area (Å²) in [5.41, 5.74) is 13.1. The van der Waals surface area contributed by atoms with Crippen LogP contribution in [-0.4, -0.2) is 0 Å². The number of benzene rings is 10. The first-order valence-corrected chi connectivity index (χ1v) is 20.6. The van der Waals surface area contributed by atoms with E-state index in [1.54, 1.807) is 0 Å². The van der Waals surface area contributed by atoms with Crippen LogP contribution in [0.3, 0.4) is 0 Å². The van der Waals surface area contributed by atoms with E-state index < -0.39 is 5.41 Å². The highest BCUT2D eigenvalue weighted by atomic mass is 16.5. The quantitative estimate of drug-likeness (QED) is 0.168. The molecule has 0 saturated heterocycles. The van der Waals surface area contributed by atoms with Crippen molar-refractivity contribution in [1.82, 2.24) is 0 Å². The van der Waals surface area contributed by atoms with Gasteiger partial charge in [-0.3, -0.25) is 0 Å². The first-order valence-electron chi connectivity index (χ1n) is 20.6. The Morgan fingerprint density at radius 3 is 1.18 bits per heavy atom. The van der Waals surface area contributed by atoms with E-state index in [-0.39, 0.29) is 0 Å². The smallest absolute Gasteiger partial charge is 0.132 e. The molecular formula is C57H38N2O. The van der Waals surface area contributed by atoms with Crippen LogP contribution < -0.4 is 14.5 Å². The van der Waals surface area contributed by atoms with Gasteiger partial charge in [-0.2, -0.15) is 0 Å². The predicted molar refractivity (Wildman–Crippen MR) is 248 cm³/mol. The second kappa shape index (κ2) is 13.6. The molecule has 0 unspecified atom stereocenters. The highest BCUT2D eigenvalue weighted by Crippen LogP contribution is 2.63. The van der Waals surface area contributed by atoms with E-state index in [1.807, 2.05) is 0 Å². The van der Waals surface area contributed by atoms with Gasteiger partial charge >= 0.3 is 0 Å². The summed E-state index contributed by atoms with van der Waals surface area (Å²) in [6.45, 7) is 0. The second-order valence-electron chi connectivity index (χ2n) is 15.6. The molecule has 0 amide bonds. The molecule has 0 N–H and O–H groups in total. The Balaban J connectivity index is 1.15. The number of para-hydroxylation sites is 4. The van der Waals surface area contributed by atoms with Crippen molar-refractivity contribution in [3.05, 3.63) is 253 Å². The van der Waals surface area contributed by atoms with Gasteiger partial charge in [-0.15, -0.1) is 0 Å². The van der Waals surface area contributed by atoms with Gasteiger partial charge in [0.15, 0.2) is 0 Å². The number of nitrogens with zero attached hydrogens (tertiary/aromatic N) is 2. The summed E-state index contributed by atoms with van der Waals surface area (Å²) < 4.78 is 6.80. The summed E-state index contributed by atoms with van der Waals surface area (Å²) in [7, 11) is 0. The van der Waals surface area contributed by atoms with Crippen molar-refractivity contribution in [3.8, 4) is 22.6 Å². The molecule has 0 saturated carbocycles. The van der Waals surface area contributed by atoms with Gasteiger partial charge in [-0.1, -0.05) is 158 Å². The second-order valence-corrected chi connectivity index (χ2v) is 15.6. The standard InChI is InChI=1S/C57H38N2O/c1-3-21-41(22-4-1)58(53-29-15-19-39-17-7-9-25-45(39)53)43-33-35-47-48-36-34-44(59(42-23-5-2-6-24-42)54-30-16-20-40-18-8-10-26-46(40)54)38-52(48)57(51(47)37-43)49-27-11-13-31-55(49)60-56-32-14-12-28-50(56)57/h1-38H. The third-order valence-corrected chi connectivity index (χ3v) is 12.5. The third kappa shape index (κ3) is 5.09. The minimum absolute atomic E-state index is 0.690. The highest BCUT2D eigenvalue weighted by molar-refractivity contribution is 6.02. The van der Waals surface area contributed by atoms with Crippen molar-refractivity contribution in [3.63, 3.8) is 0 Å². The summed E-state index contributed by atoms with van der Waals surface area (Å²) in [5.74, 6) is 1.74. The van der Waals surface area contributed by atoms with Crippen LogP contribution >= 0.6 is 0 Å². The summed E-state index contributed by atoms with van der Waals surface area (Å²) in [6, 6.07) is 83.5. The Morgan fingerprint density at radius 1 is 0.300 bits per heavy atom. The minimum atomic E-state index is -0.690. The maximum atomic E-state index is 6.80. The van der Waals surface area contributed by atoms with Crippen LogP contribution in [0.5, 0.6) is 11.5 Å². The maximum Gasteiger partial charge on any atom is 0.132 e. The van der Waals surface area contributed by atoms with Crippen molar-refractivity contribution >= 4 is 55.7 Å². The molecule has 1 heterocycles. The molecular weight excluding hydrogens is 729 g/mol. The van der Waals surface area contributed by atoms with Crippen molar-refractivity contribution in [2.45, 2.75) is 5.41 Å². The minimum Gasteiger partial charge on any atom is -0.457 e. The van der Waals surface area contributed by atoms with Crippen molar-refractivity contribution < 1.29 is 4.74 Å². The van der Waals surface area contributed by atoms with E-state index in [1.165, 1.54) is 43.8 Å². The van der Waals surface area contributed by atoms with Crippen molar-refractivity contribution in [2.24, 2.45) is 0 Å². The summed E-state index contributed by atoms with van der Waals surface area (Å²) in [5, 5.41) is 4.80. The molecule has 10 aromatic carbocycles. The van der Waals surface area contributed by atoms with E-state index in [9.17, 15) is 0 Å². The Labute approximate surface area is 349 Å². The van der Waals surface area contributed by atoms with Crippen LogP contribution in [0.2, 0.25) is 0 Å². The van der Waals surface area contributed by atoms with Crippen LogP contribution in [-0.2, 0) is 5.41 Å². The lowest BCUT2D eigenvalue weighted by molar-refractivity contribution is 0.436. The lowest BCUT2D eigenvalue weighted by atomic mass is 9.66. The van der Waals surface area contributed by atoms with Crippen LogP contribution in [0, 0.1) is 0 Å². The number of rotatable bonds is 6. The Morgan fingerprint density at radius 2 is 0.700 bits per heavy atom. The Kier molecular flexibility index (Phi) is 7.76. The Hall–Kier alpha value is -7.88. The SMILES string of the molecule is c1ccc(N(c2ccc3c(c2)C2(c4ccccc4Oc4ccccc42)c2cc(N(c4ccccc4)c4cccc5ccccc45)ccc2-3)c2cccc3ccccc23)cc1. The van der Waals surface area contributed by atoms with E-state index in [4.69, 9.17) is 4.74 Å². The number of anilines is 6. The molecule has 12 rings (SSSR count). The van der Waals surface area contributed by atoms with Crippen LogP contribution in [0.25, 0.3) is 32.7 Å². The normalized spacial score (nSPS) is 12.9. The van der Waals surface area contributed by atoms with Crippen molar-refractivity contribution in [2.75, 3.05) is 9.80 Å². The molecule has 1 spiro atoms. The molecule has 3 nitrogen and oxygen atoms in total. The lowest BCUT2D eigenvalue weighted by Gasteiger charge is -2.40. The van der Waals surface area contributed by atoms with Gasteiger partial charge in [0.05, 0.1) is 16.8 Å². The van der Waals surface area contributed by atoms with Crippen LogP contribution in [0.15, 0.2) is 231 Å². The topological polar surface area (TPSA) is 15.7 Å². The van der Waals surface area contributed by atoms with Gasteiger partial charge in [0.2, 0.25) is 0 Å². The monoisotopic (exact) mass is 766 g/mol. The van der Waals surface area contributed by atoms with Crippen molar-refractivity contribution in [1.29, 1.82) is 0 Å². The largest absolute Gasteiger partial charge is 0.457 e. The number of fused-ring (bicyclic) bond motifs is 11. The number of hydrogen-bond donors (Lipinski definition) is 0. The van der Waals surface area contributed by atoms with Gasteiger partial charge in [-0.05, 0) is 106 Å². The van der Waals surface area contributed by atoms with E-state index in [0.717, 1.165) is 56.8 Å². The fourth-order valence-corrected chi connectivity index (χ4v) is 9.97. The molecule has 10 aromatic rings. The predicted octanol–water partition coefficient (Wildman–Crippen LogP) is 15.4. The first kappa shape index (κ1) is 34.2. The summed E-state index contributed by atoms with van der Waals surface area (Å²) in [6.07, 6.45) is 0. The zero-order valence-corrected chi connectivity index (χ0v) is 32.7. The molecule has 2 aliphatic rings. The molecule has 1 aliphatic carbocycles. The molecule has 1 aliphatic heterocycles. The van der Waals surface area contributed by atoms with Gasteiger partial charge in [0.1, 0.15) is 11.5 Å². The molecule has 0 bridgehead atoms. The fraction of sp³-hybridized carbons (Fsp3) is 0.0175. The summed E-state index contributed by atoms with van der Waals surface area (Å²) in [4.78, 5) is 4.83. The zero-order chi connectivity index (χ0) is 39.6. The fourth-order valence-electron chi connectivity index (χ4n) is 9.97. The molecule has 0 radical (unpaired) electrons. The lowest BCUT2D eigenvalue weighted by Crippen LogP contribution is -2.32. The number of ether oxygens (including phenoxy) is 1. The maximum absolute atomic E-state index is 6.80. The molecule has 60 heavy (non-hydrogen) atoms. The average Bonchev–Trinajstić information content (AvgIpc) is 3.59. The molecule has 0 fully saturated rings. The van der Waals surface area contributed by atoms with Crippen LogP contribution in [0.4, 0.5) is 34.1 Å². The van der Waals surface area contributed by atoms with E-state index >= 15 is 0 Å². The molecule has 0 aromatic heterocycles. The Bertz CT molecular complexity index is 3030. The van der Waals surface area contributed by atoms with Crippen LogP contribution in [0.1, 0.15) is 22.3 Å². The van der Waals surface area contributed by atoms with E-state index in [0.29, 0.717) is 0 Å². The molecule has 0 atom stereocenters. The highest BCUT2D eigenvalue weighted by Gasteiger charge is 2.51. The molecule has 282 valence electrons.